The lowest BCUT2D eigenvalue weighted by Crippen LogP contribution is -2.05. The normalized spacial score (nSPS) is 11.1. The average molecular weight is 323 g/mol. The molecule has 0 fully saturated rings. The third kappa shape index (κ3) is 4.96. The molecule has 0 radical (unpaired) electrons. The minimum absolute atomic E-state index is 0.167. The summed E-state index contributed by atoms with van der Waals surface area (Å²) in [6.45, 7) is 3.99. The van der Waals surface area contributed by atoms with E-state index < -0.39 is 0 Å². The molecule has 0 atom stereocenters. The largest absolute Gasteiger partial charge is 0.491 e. The summed E-state index contributed by atoms with van der Waals surface area (Å²) in [6, 6.07) is 13.0. The number of rotatable bonds is 5. The van der Waals surface area contributed by atoms with E-state index in [4.69, 9.17) is 27.9 Å². The molecule has 0 saturated carbocycles. The lowest BCUT2D eigenvalue weighted by atomic mass is 10.2. The van der Waals surface area contributed by atoms with Gasteiger partial charge in [-0.05, 0) is 61.9 Å². The number of nitrogens with zero attached hydrogens (tertiary/aromatic N) is 1. The van der Waals surface area contributed by atoms with Crippen LogP contribution in [0, 0.1) is 0 Å². The standard InChI is InChI=1S/C16H16Cl2N2O/c1-11(2)21-14-6-3-12(4-7-14)10-19-20-13-5-8-15(17)16(18)9-13/h3-11,20H,1-2H3. The fourth-order valence-electron chi connectivity index (χ4n) is 1.65. The number of nitrogens with one attached hydrogen (secondary N) is 1. The van der Waals surface area contributed by atoms with Crippen molar-refractivity contribution in [3.8, 4) is 5.75 Å². The highest BCUT2D eigenvalue weighted by Crippen LogP contribution is 2.24. The third-order valence-electron chi connectivity index (χ3n) is 2.58. The van der Waals surface area contributed by atoms with E-state index in [1.807, 2.05) is 44.2 Å². The van der Waals surface area contributed by atoms with E-state index in [-0.39, 0.29) is 6.10 Å². The van der Waals surface area contributed by atoms with Crippen molar-refractivity contribution in [2.45, 2.75) is 20.0 Å². The summed E-state index contributed by atoms with van der Waals surface area (Å²) in [6.07, 6.45) is 1.89. The SMILES string of the molecule is CC(C)Oc1ccc(C=NNc2ccc(Cl)c(Cl)c2)cc1. The Kier molecular flexibility index (Phi) is 5.48. The maximum Gasteiger partial charge on any atom is 0.119 e. The highest BCUT2D eigenvalue weighted by atomic mass is 35.5. The summed E-state index contributed by atoms with van der Waals surface area (Å²) in [5, 5.41) is 5.17. The van der Waals surface area contributed by atoms with Gasteiger partial charge in [-0.25, -0.2) is 0 Å². The molecule has 0 aromatic heterocycles. The zero-order valence-corrected chi connectivity index (χ0v) is 13.3. The molecular formula is C16H16Cl2N2O. The van der Waals surface area contributed by atoms with Gasteiger partial charge in [0.05, 0.1) is 28.1 Å². The first-order valence-corrected chi connectivity index (χ1v) is 7.31. The first-order valence-electron chi connectivity index (χ1n) is 6.55. The van der Waals surface area contributed by atoms with Crippen LogP contribution in [0.3, 0.4) is 0 Å². The van der Waals surface area contributed by atoms with Crippen LogP contribution in [0.15, 0.2) is 47.6 Å². The Balaban J connectivity index is 1.96. The molecule has 3 nitrogen and oxygen atoms in total. The molecule has 110 valence electrons. The molecule has 2 aromatic carbocycles. The van der Waals surface area contributed by atoms with Crippen LogP contribution in [-0.4, -0.2) is 12.3 Å². The smallest absolute Gasteiger partial charge is 0.119 e. The minimum Gasteiger partial charge on any atom is -0.491 e. The summed E-state index contributed by atoms with van der Waals surface area (Å²) in [5.74, 6) is 0.847. The highest BCUT2D eigenvalue weighted by molar-refractivity contribution is 6.42. The predicted octanol–water partition coefficient (Wildman–Crippen LogP) is 5.23. The number of halogens is 2. The molecule has 0 aliphatic carbocycles. The zero-order chi connectivity index (χ0) is 15.2. The van der Waals surface area contributed by atoms with Gasteiger partial charge in [0.25, 0.3) is 0 Å². The molecule has 0 amide bonds. The van der Waals surface area contributed by atoms with Crippen molar-refractivity contribution in [3.05, 3.63) is 58.1 Å². The van der Waals surface area contributed by atoms with Gasteiger partial charge in [0, 0.05) is 0 Å². The number of anilines is 1. The Morgan fingerprint density at radius 2 is 1.76 bits per heavy atom. The van der Waals surface area contributed by atoms with Crippen LogP contribution in [-0.2, 0) is 0 Å². The van der Waals surface area contributed by atoms with Crippen molar-refractivity contribution < 1.29 is 4.74 Å². The van der Waals surface area contributed by atoms with Crippen LogP contribution in [0.5, 0.6) is 5.75 Å². The molecule has 0 aliphatic rings. The first kappa shape index (κ1) is 15.7. The second-order valence-electron chi connectivity index (χ2n) is 4.73. The van der Waals surface area contributed by atoms with Crippen molar-refractivity contribution in [1.29, 1.82) is 0 Å². The topological polar surface area (TPSA) is 33.6 Å². The fraction of sp³-hybridized carbons (Fsp3) is 0.188. The molecule has 21 heavy (non-hydrogen) atoms. The van der Waals surface area contributed by atoms with Crippen LogP contribution >= 0.6 is 23.2 Å². The van der Waals surface area contributed by atoms with Gasteiger partial charge in [0.2, 0.25) is 0 Å². The molecule has 0 aliphatic heterocycles. The highest BCUT2D eigenvalue weighted by Gasteiger charge is 1.98. The van der Waals surface area contributed by atoms with Crippen molar-refractivity contribution in [3.63, 3.8) is 0 Å². The first-order chi connectivity index (χ1) is 10.0. The molecule has 0 spiro atoms. The summed E-state index contributed by atoms with van der Waals surface area (Å²) in [4.78, 5) is 0. The number of hydrogen-bond donors (Lipinski definition) is 1. The average Bonchev–Trinajstić information content (AvgIpc) is 2.44. The lowest BCUT2D eigenvalue weighted by molar-refractivity contribution is 0.242. The maximum atomic E-state index is 5.93. The summed E-state index contributed by atoms with van der Waals surface area (Å²) in [7, 11) is 0. The van der Waals surface area contributed by atoms with Gasteiger partial charge in [0.1, 0.15) is 5.75 Å². The molecule has 0 unspecified atom stereocenters. The molecule has 2 aromatic rings. The molecule has 0 saturated heterocycles. The van der Waals surface area contributed by atoms with Crippen molar-refractivity contribution in [2.75, 3.05) is 5.43 Å². The van der Waals surface area contributed by atoms with Crippen LogP contribution < -0.4 is 10.2 Å². The second kappa shape index (κ2) is 7.34. The van der Waals surface area contributed by atoms with Gasteiger partial charge in [-0.3, -0.25) is 5.43 Å². The predicted molar refractivity (Wildman–Crippen MR) is 89.9 cm³/mol. The Hall–Kier alpha value is -1.71. The van der Waals surface area contributed by atoms with Crippen LogP contribution in [0.25, 0.3) is 0 Å². The summed E-state index contributed by atoms with van der Waals surface area (Å²) in [5.41, 5.74) is 4.65. The number of hydrogen-bond acceptors (Lipinski definition) is 3. The molecule has 0 heterocycles. The van der Waals surface area contributed by atoms with E-state index >= 15 is 0 Å². The van der Waals surface area contributed by atoms with E-state index in [1.54, 1.807) is 18.3 Å². The second-order valence-corrected chi connectivity index (χ2v) is 5.55. The van der Waals surface area contributed by atoms with E-state index in [1.165, 1.54) is 0 Å². The van der Waals surface area contributed by atoms with E-state index in [0.29, 0.717) is 10.0 Å². The Morgan fingerprint density at radius 3 is 2.38 bits per heavy atom. The molecule has 2 rings (SSSR count). The monoisotopic (exact) mass is 322 g/mol. The van der Waals surface area contributed by atoms with Gasteiger partial charge in [-0.15, -0.1) is 0 Å². The third-order valence-corrected chi connectivity index (χ3v) is 3.32. The van der Waals surface area contributed by atoms with Crippen LogP contribution in [0.2, 0.25) is 10.0 Å². The number of benzene rings is 2. The van der Waals surface area contributed by atoms with Gasteiger partial charge in [0.15, 0.2) is 0 Å². The van der Waals surface area contributed by atoms with Gasteiger partial charge >= 0.3 is 0 Å². The molecular weight excluding hydrogens is 307 g/mol. The van der Waals surface area contributed by atoms with Crippen LogP contribution in [0.4, 0.5) is 5.69 Å². The summed E-state index contributed by atoms with van der Waals surface area (Å²) < 4.78 is 5.58. The Morgan fingerprint density at radius 1 is 1.05 bits per heavy atom. The van der Waals surface area contributed by atoms with E-state index in [0.717, 1.165) is 17.0 Å². The van der Waals surface area contributed by atoms with E-state index in [9.17, 15) is 0 Å². The van der Waals surface area contributed by atoms with Crippen LogP contribution in [0.1, 0.15) is 19.4 Å². The minimum atomic E-state index is 0.167. The van der Waals surface area contributed by atoms with Gasteiger partial charge < -0.3 is 4.74 Å². The van der Waals surface area contributed by atoms with Crippen molar-refractivity contribution in [2.24, 2.45) is 5.10 Å². The molecule has 0 bridgehead atoms. The van der Waals surface area contributed by atoms with Gasteiger partial charge in [-0.1, -0.05) is 23.2 Å². The number of hydrazone groups is 1. The Bertz CT molecular complexity index is 625. The molecule has 5 heteroatoms. The number of ether oxygens (including phenoxy) is 1. The quantitative estimate of drug-likeness (QED) is 0.604. The molecule has 1 N–H and O–H groups in total. The lowest BCUT2D eigenvalue weighted by Gasteiger charge is -2.09. The fourth-order valence-corrected chi connectivity index (χ4v) is 1.95. The van der Waals surface area contributed by atoms with Crippen molar-refractivity contribution >= 4 is 35.1 Å². The van der Waals surface area contributed by atoms with Gasteiger partial charge in [-0.2, -0.15) is 5.10 Å². The Labute approximate surface area is 134 Å². The maximum absolute atomic E-state index is 5.93. The van der Waals surface area contributed by atoms with Crippen molar-refractivity contribution in [1.82, 2.24) is 0 Å². The summed E-state index contributed by atoms with van der Waals surface area (Å²) >= 11 is 11.8. The van der Waals surface area contributed by atoms with E-state index in [2.05, 4.69) is 10.5 Å². The zero-order valence-electron chi connectivity index (χ0n) is 11.8.